The molecule has 3 heterocycles. The zero-order valence-corrected chi connectivity index (χ0v) is 24.6. The molecule has 9 rings (SSSR count). The summed E-state index contributed by atoms with van der Waals surface area (Å²) < 4.78 is 14.5. The quantitative estimate of drug-likeness (QED) is 0.166. The van der Waals surface area contributed by atoms with Gasteiger partial charge in [0.2, 0.25) is 0 Å². The average molecular weight is 642 g/mol. The van der Waals surface area contributed by atoms with Crippen LogP contribution in [0.2, 0.25) is 0 Å². The summed E-state index contributed by atoms with van der Waals surface area (Å²) in [7, 11) is 0. The summed E-state index contributed by atoms with van der Waals surface area (Å²) in [6.45, 7) is 0. The van der Waals surface area contributed by atoms with Crippen LogP contribution in [0, 0.1) is 10.7 Å². The number of aromatic nitrogens is 1. The molecule has 8 aromatic rings. The number of para-hydroxylation sites is 1. The minimum absolute atomic E-state index is 1.21. The molecule has 0 saturated carbocycles. The minimum atomic E-state index is -2.97. The first-order valence-corrected chi connectivity index (χ1v) is 19.0. The van der Waals surface area contributed by atoms with Crippen molar-refractivity contribution in [3.05, 3.63) is 144 Å². The molecule has 0 amide bonds. The number of nitrogens with zero attached hydrogens (tertiary/aromatic N) is 1. The molecule has 0 radical (unpaired) electrons. The molecular weight excluding hydrogens is 617 g/mol. The van der Waals surface area contributed by atoms with E-state index < -0.39 is 18.0 Å². The van der Waals surface area contributed by atoms with Crippen molar-refractivity contribution in [2.75, 3.05) is 0 Å². The molecule has 6 aromatic carbocycles. The molecule has 0 unspecified atom stereocenters. The van der Waals surface area contributed by atoms with E-state index in [1.165, 1.54) is 69.5 Å². The fourth-order valence-corrected chi connectivity index (χ4v) is 15.8. The number of rotatable bonds is 2. The summed E-state index contributed by atoms with van der Waals surface area (Å²) in [5.41, 5.74) is 6.42. The Balaban J connectivity index is 1.32. The van der Waals surface area contributed by atoms with E-state index in [0.717, 1.165) is 0 Å². The molecule has 0 N–H and O–H groups in total. The first-order valence-electron chi connectivity index (χ1n) is 13.4. The molecule has 3 heteroatoms. The Hall–Kier alpha value is -4.06. The van der Waals surface area contributed by atoms with Gasteiger partial charge in [0.05, 0.1) is 0 Å². The van der Waals surface area contributed by atoms with Gasteiger partial charge in [-0.2, -0.15) is 0 Å². The molecule has 1 nitrogen and oxygen atoms in total. The molecular formula is C37H24INS. The molecule has 1 aliphatic rings. The molecule has 0 fully saturated rings. The van der Waals surface area contributed by atoms with E-state index in [4.69, 9.17) is 4.51 Å². The van der Waals surface area contributed by atoms with Gasteiger partial charge >= 0.3 is 241 Å². The van der Waals surface area contributed by atoms with Crippen LogP contribution in [0.25, 0.3) is 58.8 Å². The summed E-state index contributed by atoms with van der Waals surface area (Å²) in [5, 5.41) is 5.25. The van der Waals surface area contributed by atoms with E-state index in [1.807, 2.05) is 11.3 Å². The predicted molar refractivity (Wildman–Crippen MR) is 183 cm³/mol. The van der Waals surface area contributed by atoms with Gasteiger partial charge in [0.25, 0.3) is 0 Å². The summed E-state index contributed by atoms with van der Waals surface area (Å²) in [4.78, 5) is 0. The summed E-state index contributed by atoms with van der Waals surface area (Å²) >= 11 is -1.10. The molecule has 0 spiro atoms. The van der Waals surface area contributed by atoms with Gasteiger partial charge in [0.1, 0.15) is 0 Å². The van der Waals surface area contributed by atoms with Gasteiger partial charge in [-0.1, -0.05) is 0 Å². The fourth-order valence-electron chi connectivity index (χ4n) is 6.54. The van der Waals surface area contributed by atoms with Crippen molar-refractivity contribution in [1.82, 2.24) is 4.57 Å². The van der Waals surface area contributed by atoms with Crippen molar-refractivity contribution in [3.8, 4) is 16.8 Å². The van der Waals surface area contributed by atoms with Crippen LogP contribution >= 0.6 is 29.3 Å². The second kappa shape index (κ2) is 8.23. The second-order valence-corrected chi connectivity index (χ2v) is 19.0. The Morgan fingerprint density at radius 3 is 1.93 bits per heavy atom. The van der Waals surface area contributed by atoms with Gasteiger partial charge in [0.15, 0.2) is 0 Å². The number of hydrogen-bond donors (Lipinski definition) is 0. The van der Waals surface area contributed by atoms with Gasteiger partial charge in [-0.25, -0.2) is 0 Å². The molecule has 0 atom stereocenters. The van der Waals surface area contributed by atoms with Crippen molar-refractivity contribution in [2.24, 2.45) is 0 Å². The molecule has 40 heavy (non-hydrogen) atoms. The number of hydrogen-bond acceptors (Lipinski definition) is 1. The Kier molecular flexibility index (Phi) is 4.67. The fraction of sp³-hybridized carbons (Fsp3) is 0. The summed E-state index contributed by atoms with van der Waals surface area (Å²) in [5.74, 6) is 0. The molecule has 2 aromatic heterocycles. The van der Waals surface area contributed by atoms with E-state index in [9.17, 15) is 0 Å². The maximum absolute atomic E-state index is 5.11. The SMILES string of the molecule is C=I1(c2ccc3c(c2)c2ccccc2n3-c2ccc3sc4ccccc4c3c2)c2ccccc2-c2ccccc21. The third-order valence-electron chi connectivity index (χ3n) is 8.36. The summed E-state index contributed by atoms with van der Waals surface area (Å²) in [6, 6.07) is 49.6. The molecule has 0 saturated heterocycles. The Labute approximate surface area is 239 Å². The zero-order valence-electron chi connectivity index (χ0n) is 21.6. The normalized spacial score (nSPS) is 14.6. The van der Waals surface area contributed by atoms with E-state index in [1.54, 1.807) is 0 Å². The Morgan fingerprint density at radius 2 is 1.12 bits per heavy atom. The van der Waals surface area contributed by atoms with Crippen LogP contribution in [0.15, 0.2) is 133 Å². The van der Waals surface area contributed by atoms with Gasteiger partial charge in [-0.15, -0.1) is 0 Å². The van der Waals surface area contributed by atoms with Crippen LogP contribution in [-0.4, -0.2) is 9.08 Å². The molecule has 190 valence electrons. The van der Waals surface area contributed by atoms with Crippen LogP contribution in [0.4, 0.5) is 0 Å². The predicted octanol–water partition coefficient (Wildman–Crippen LogP) is 10.5. The number of benzene rings is 6. The van der Waals surface area contributed by atoms with Crippen molar-refractivity contribution >= 4 is 75.8 Å². The number of fused-ring (bicyclic) bond motifs is 9. The van der Waals surface area contributed by atoms with Crippen LogP contribution in [0.5, 0.6) is 0 Å². The van der Waals surface area contributed by atoms with E-state index in [-0.39, 0.29) is 0 Å². The third kappa shape index (κ3) is 2.94. The topological polar surface area (TPSA) is 4.93 Å². The zero-order chi connectivity index (χ0) is 26.4. The van der Waals surface area contributed by atoms with Crippen LogP contribution in [0.1, 0.15) is 0 Å². The van der Waals surface area contributed by atoms with Crippen molar-refractivity contribution in [1.29, 1.82) is 0 Å². The first-order chi connectivity index (χ1) is 19.7. The van der Waals surface area contributed by atoms with Gasteiger partial charge in [0, 0.05) is 0 Å². The van der Waals surface area contributed by atoms with Crippen molar-refractivity contribution < 1.29 is 0 Å². The Morgan fingerprint density at radius 1 is 0.500 bits per heavy atom. The molecule has 0 bridgehead atoms. The molecule has 0 aliphatic carbocycles. The van der Waals surface area contributed by atoms with Gasteiger partial charge < -0.3 is 0 Å². The van der Waals surface area contributed by atoms with Gasteiger partial charge in [-0.05, 0) is 0 Å². The first kappa shape index (κ1) is 22.7. The number of halogens is 1. The standard InChI is InChI=1S/C37H24INS/c1-38(32-14-6-2-10-26(32)27-11-3-7-15-33(27)38)24-18-20-35-30(22-24)28-12-4-8-16-34(28)39(35)25-19-21-37-31(23-25)29-13-5-9-17-36(29)40-37/h2-23H,1H2. The molecule has 1 aliphatic heterocycles. The second-order valence-electron chi connectivity index (χ2n) is 10.4. The number of thiophene rings is 1. The van der Waals surface area contributed by atoms with E-state index in [0.29, 0.717) is 0 Å². The van der Waals surface area contributed by atoms with Crippen molar-refractivity contribution in [2.45, 2.75) is 0 Å². The maximum atomic E-state index is 5.11. The average Bonchev–Trinajstić information content (AvgIpc) is 3.64. The van der Waals surface area contributed by atoms with Crippen LogP contribution in [-0.2, 0) is 0 Å². The van der Waals surface area contributed by atoms with E-state index in [2.05, 4.69) is 138 Å². The van der Waals surface area contributed by atoms with Crippen LogP contribution < -0.4 is 0 Å². The van der Waals surface area contributed by atoms with Crippen LogP contribution in [0.3, 0.4) is 0 Å². The summed E-state index contributed by atoms with van der Waals surface area (Å²) in [6.07, 6.45) is 0. The monoisotopic (exact) mass is 641 g/mol. The third-order valence-corrected chi connectivity index (χ3v) is 18.2. The van der Waals surface area contributed by atoms with E-state index >= 15 is 0 Å². The van der Waals surface area contributed by atoms with Crippen molar-refractivity contribution in [3.63, 3.8) is 0 Å². The Bertz CT molecular complexity index is 2320. The van der Waals surface area contributed by atoms with Gasteiger partial charge in [-0.3, -0.25) is 0 Å².